The lowest BCUT2D eigenvalue weighted by molar-refractivity contribution is -0.167. The van der Waals surface area contributed by atoms with Crippen LogP contribution in [0.5, 0.6) is 0 Å². The fraction of sp³-hybridized carbons (Fsp3) is 0.841. The third kappa shape index (κ3) is 62.1. The van der Waals surface area contributed by atoms with Crippen molar-refractivity contribution in [2.45, 2.75) is 361 Å². The predicted octanol–water partition coefficient (Wildman–Crippen LogP) is 22.6. The van der Waals surface area contributed by atoms with Gasteiger partial charge < -0.3 is 14.2 Å². The summed E-state index contributed by atoms with van der Waals surface area (Å²) in [7, 11) is 0. The number of hydrogen-bond donors (Lipinski definition) is 0. The molecule has 0 N–H and O–H groups in total. The van der Waals surface area contributed by atoms with E-state index in [0.717, 1.165) is 103 Å². The molecule has 1 atom stereocenters. The van der Waals surface area contributed by atoms with Crippen LogP contribution in [0.25, 0.3) is 0 Å². The summed E-state index contributed by atoms with van der Waals surface area (Å²) in [5, 5.41) is 0. The van der Waals surface area contributed by atoms with Crippen molar-refractivity contribution in [1.29, 1.82) is 0 Å². The molecule has 0 radical (unpaired) electrons. The molecule has 438 valence electrons. The third-order valence-electron chi connectivity index (χ3n) is 14.8. The fourth-order valence-electron chi connectivity index (χ4n) is 9.77. The number of rotatable bonds is 61. The number of carbonyl (C=O) groups is 3. The van der Waals surface area contributed by atoms with E-state index in [9.17, 15) is 14.4 Å². The molecule has 0 aliphatic heterocycles. The molecule has 0 fully saturated rings. The first-order chi connectivity index (χ1) is 37.0. The summed E-state index contributed by atoms with van der Waals surface area (Å²) in [6.07, 6.45) is 80.0. The predicted molar refractivity (Wildman–Crippen MR) is 325 cm³/mol. The summed E-state index contributed by atoms with van der Waals surface area (Å²) in [6.45, 7) is 6.59. The lowest BCUT2D eigenvalue weighted by atomic mass is 10.0. The van der Waals surface area contributed by atoms with E-state index in [1.54, 1.807) is 0 Å². The Labute approximate surface area is 467 Å². The number of hydrogen-bond acceptors (Lipinski definition) is 6. The van der Waals surface area contributed by atoms with Gasteiger partial charge in [-0.25, -0.2) is 0 Å². The van der Waals surface area contributed by atoms with Crippen LogP contribution in [0.3, 0.4) is 0 Å². The Kier molecular flexibility index (Phi) is 61.7. The van der Waals surface area contributed by atoms with E-state index in [4.69, 9.17) is 14.2 Å². The van der Waals surface area contributed by atoms with E-state index in [-0.39, 0.29) is 31.1 Å². The van der Waals surface area contributed by atoms with E-state index in [0.29, 0.717) is 19.3 Å². The van der Waals surface area contributed by atoms with Crippen molar-refractivity contribution in [1.82, 2.24) is 0 Å². The molecule has 0 aromatic heterocycles. The van der Waals surface area contributed by atoms with E-state index < -0.39 is 6.10 Å². The van der Waals surface area contributed by atoms with Crippen molar-refractivity contribution < 1.29 is 28.6 Å². The maximum Gasteiger partial charge on any atom is 0.306 e. The third-order valence-corrected chi connectivity index (χ3v) is 14.8. The number of ether oxygens (including phenoxy) is 3. The van der Waals surface area contributed by atoms with Crippen LogP contribution in [0.15, 0.2) is 48.6 Å². The Hall–Kier alpha value is -2.63. The summed E-state index contributed by atoms with van der Waals surface area (Å²) in [5.74, 6) is -0.891. The first-order valence-electron chi connectivity index (χ1n) is 33.1. The Morgan fingerprint density at radius 2 is 0.493 bits per heavy atom. The second-order valence-corrected chi connectivity index (χ2v) is 22.4. The lowest BCUT2D eigenvalue weighted by Crippen LogP contribution is -2.30. The van der Waals surface area contributed by atoms with Crippen LogP contribution in [-0.2, 0) is 28.6 Å². The number of unbranched alkanes of at least 4 members (excludes halogenated alkanes) is 42. The zero-order valence-electron chi connectivity index (χ0n) is 50.3. The van der Waals surface area contributed by atoms with Gasteiger partial charge in [0.1, 0.15) is 13.2 Å². The van der Waals surface area contributed by atoms with Crippen LogP contribution in [-0.4, -0.2) is 37.2 Å². The summed E-state index contributed by atoms with van der Waals surface area (Å²) < 4.78 is 16.9. The van der Waals surface area contributed by atoms with Gasteiger partial charge in [0.2, 0.25) is 0 Å². The van der Waals surface area contributed by atoms with E-state index in [2.05, 4.69) is 69.4 Å². The molecule has 75 heavy (non-hydrogen) atoms. The number of allylic oxidation sites excluding steroid dienone is 8. The Morgan fingerprint density at radius 1 is 0.267 bits per heavy atom. The molecule has 0 aromatic carbocycles. The summed E-state index contributed by atoms with van der Waals surface area (Å²) >= 11 is 0. The standard InChI is InChI=1S/C69H126O6/c1-4-7-10-13-16-19-22-25-28-29-30-31-32-33-34-35-36-37-38-39-40-41-42-45-47-50-53-56-59-62-68(71)74-65-66(75-69(72)63-60-57-54-51-48-44-27-24-21-18-15-12-9-6-3)64-73-67(70)61-58-55-52-49-46-43-26-23-20-17-14-11-8-5-2/h14-15,17-18,23-24,26-27,66H,4-13,16,19-22,25,28-65H2,1-3H3/b17-14-,18-15-,26-23-,27-24-. The molecule has 0 saturated heterocycles. The van der Waals surface area contributed by atoms with E-state index in [1.807, 2.05) is 0 Å². The van der Waals surface area contributed by atoms with Crippen molar-refractivity contribution in [3.8, 4) is 0 Å². The van der Waals surface area contributed by atoms with E-state index >= 15 is 0 Å². The van der Waals surface area contributed by atoms with Gasteiger partial charge in [-0.2, -0.15) is 0 Å². The van der Waals surface area contributed by atoms with Crippen LogP contribution in [0.2, 0.25) is 0 Å². The average molecular weight is 1050 g/mol. The molecule has 0 spiro atoms. The van der Waals surface area contributed by atoms with Gasteiger partial charge in [-0.1, -0.05) is 313 Å². The van der Waals surface area contributed by atoms with Gasteiger partial charge in [0.25, 0.3) is 0 Å². The highest BCUT2D eigenvalue weighted by Crippen LogP contribution is 2.18. The molecule has 0 heterocycles. The molecular formula is C69H126O6. The van der Waals surface area contributed by atoms with Gasteiger partial charge in [0.05, 0.1) is 0 Å². The van der Waals surface area contributed by atoms with Crippen LogP contribution < -0.4 is 0 Å². The van der Waals surface area contributed by atoms with E-state index in [1.165, 1.54) is 212 Å². The molecule has 6 nitrogen and oxygen atoms in total. The fourth-order valence-corrected chi connectivity index (χ4v) is 9.77. The van der Waals surface area contributed by atoms with Crippen LogP contribution >= 0.6 is 0 Å². The van der Waals surface area contributed by atoms with Crippen molar-refractivity contribution in [3.63, 3.8) is 0 Å². The first-order valence-corrected chi connectivity index (χ1v) is 33.1. The maximum atomic E-state index is 12.9. The highest BCUT2D eigenvalue weighted by molar-refractivity contribution is 5.71. The monoisotopic (exact) mass is 1050 g/mol. The largest absolute Gasteiger partial charge is 0.462 e. The van der Waals surface area contributed by atoms with Crippen LogP contribution in [0, 0.1) is 0 Å². The van der Waals surface area contributed by atoms with Gasteiger partial charge in [0, 0.05) is 19.3 Å². The highest BCUT2D eigenvalue weighted by atomic mass is 16.6. The summed E-state index contributed by atoms with van der Waals surface area (Å²) in [6, 6.07) is 0. The van der Waals surface area contributed by atoms with Gasteiger partial charge >= 0.3 is 17.9 Å². The number of esters is 3. The minimum Gasteiger partial charge on any atom is -0.462 e. The molecule has 1 unspecified atom stereocenters. The molecule has 0 amide bonds. The minimum atomic E-state index is -0.785. The number of carbonyl (C=O) groups excluding carboxylic acids is 3. The normalized spacial score (nSPS) is 12.3. The second kappa shape index (κ2) is 63.9. The SMILES string of the molecule is CCCC/C=C\C/C=C\CCCCCCCC(=O)OCC(COC(=O)CCCCCCCCCCCCCCCCCCCCCCCCCCCCCCC)OC(=O)CCCCCCC/C=C\C/C=C\CCCC. The molecule has 6 heteroatoms. The van der Waals surface area contributed by atoms with Crippen LogP contribution in [0.4, 0.5) is 0 Å². The Morgan fingerprint density at radius 3 is 0.773 bits per heavy atom. The summed E-state index contributed by atoms with van der Waals surface area (Å²) in [4.78, 5) is 38.2. The molecule has 0 bridgehead atoms. The van der Waals surface area contributed by atoms with Gasteiger partial charge in [-0.15, -0.1) is 0 Å². The topological polar surface area (TPSA) is 78.9 Å². The average Bonchev–Trinajstić information content (AvgIpc) is 3.41. The smallest absolute Gasteiger partial charge is 0.306 e. The molecule has 0 rings (SSSR count). The zero-order chi connectivity index (χ0) is 54.3. The Balaban J connectivity index is 4.16. The molecule has 0 aliphatic rings. The van der Waals surface area contributed by atoms with Crippen molar-refractivity contribution >= 4 is 17.9 Å². The van der Waals surface area contributed by atoms with Crippen molar-refractivity contribution in [3.05, 3.63) is 48.6 Å². The van der Waals surface area contributed by atoms with Crippen LogP contribution in [0.1, 0.15) is 355 Å². The molecular weight excluding hydrogens is 925 g/mol. The van der Waals surface area contributed by atoms with Gasteiger partial charge in [-0.3, -0.25) is 14.4 Å². The quantitative estimate of drug-likeness (QED) is 0.0261. The van der Waals surface area contributed by atoms with Gasteiger partial charge in [-0.05, 0) is 70.6 Å². The van der Waals surface area contributed by atoms with Crippen molar-refractivity contribution in [2.24, 2.45) is 0 Å². The van der Waals surface area contributed by atoms with Gasteiger partial charge in [0.15, 0.2) is 6.10 Å². The zero-order valence-corrected chi connectivity index (χ0v) is 50.3. The van der Waals surface area contributed by atoms with Crippen molar-refractivity contribution in [2.75, 3.05) is 13.2 Å². The molecule has 0 saturated carbocycles. The highest BCUT2D eigenvalue weighted by Gasteiger charge is 2.19. The lowest BCUT2D eigenvalue weighted by Gasteiger charge is -2.18. The summed E-state index contributed by atoms with van der Waals surface area (Å²) in [5.41, 5.74) is 0. The molecule has 0 aromatic rings. The second-order valence-electron chi connectivity index (χ2n) is 22.4. The minimum absolute atomic E-state index is 0.0803. The maximum absolute atomic E-state index is 12.9. The Bertz CT molecular complexity index is 1300. The molecule has 0 aliphatic carbocycles. The first kappa shape index (κ1) is 72.4.